The third-order valence-corrected chi connectivity index (χ3v) is 5.43. The van der Waals surface area contributed by atoms with Crippen LogP contribution in [0.15, 0.2) is 83.3 Å². The van der Waals surface area contributed by atoms with E-state index in [-0.39, 0.29) is 11.9 Å². The number of hydrogen-bond acceptors (Lipinski definition) is 6. The number of fused-ring (bicyclic) bond motifs is 1. The van der Waals surface area contributed by atoms with Gasteiger partial charge in [0.05, 0.1) is 19.6 Å². The van der Waals surface area contributed by atoms with Crippen molar-refractivity contribution in [3.05, 3.63) is 95.9 Å². The molecule has 170 valence electrons. The summed E-state index contributed by atoms with van der Waals surface area (Å²) in [6.45, 7) is 1.74. The number of nitrogens with one attached hydrogen (secondary N) is 1. The third-order valence-electron chi connectivity index (χ3n) is 5.43. The largest absolute Gasteiger partial charge is 0.492 e. The lowest BCUT2D eigenvalue weighted by atomic mass is 9.92. The molecule has 0 radical (unpaired) electrons. The molecule has 1 N–H and O–H groups in total. The van der Waals surface area contributed by atoms with Crippen LogP contribution in [0.3, 0.4) is 0 Å². The maximum atomic E-state index is 12.3. The van der Waals surface area contributed by atoms with E-state index < -0.39 is 0 Å². The number of aromatic nitrogens is 1. The van der Waals surface area contributed by atoms with E-state index in [0.717, 1.165) is 28.0 Å². The summed E-state index contributed by atoms with van der Waals surface area (Å²) in [4.78, 5) is 16.7. The molecular weight excluding hydrogens is 416 g/mol. The summed E-state index contributed by atoms with van der Waals surface area (Å²) < 4.78 is 16.5. The van der Waals surface area contributed by atoms with Crippen LogP contribution in [0.4, 0.5) is 0 Å². The number of nitrogens with zero attached hydrogens (tertiary/aromatic N) is 1. The molecule has 0 spiro atoms. The fourth-order valence-corrected chi connectivity index (χ4v) is 3.74. The topological polar surface area (TPSA) is 73.6 Å². The van der Waals surface area contributed by atoms with Crippen molar-refractivity contribution in [2.45, 2.75) is 19.4 Å². The Morgan fingerprint density at radius 1 is 0.939 bits per heavy atom. The molecule has 0 saturated carbocycles. The van der Waals surface area contributed by atoms with E-state index >= 15 is 0 Å². The standard InChI is InChI=1S/C27H28N2O4/c1-31-27(30)22(17-20-7-3-2-4-8-20)18-21-11-13-23(14-12-21)32-16-15-28-19-26-29-24-9-5-6-10-25(24)33-26/h2-14,22,28H,15-19H2,1H3. The van der Waals surface area contributed by atoms with Gasteiger partial charge in [-0.05, 0) is 48.2 Å². The first-order chi connectivity index (χ1) is 16.2. The van der Waals surface area contributed by atoms with Crippen molar-refractivity contribution in [2.75, 3.05) is 20.3 Å². The van der Waals surface area contributed by atoms with Crippen LogP contribution in [0.25, 0.3) is 11.1 Å². The van der Waals surface area contributed by atoms with Crippen molar-refractivity contribution >= 4 is 17.1 Å². The maximum Gasteiger partial charge on any atom is 0.309 e. The van der Waals surface area contributed by atoms with Gasteiger partial charge >= 0.3 is 5.97 Å². The van der Waals surface area contributed by atoms with Gasteiger partial charge in [-0.1, -0.05) is 54.6 Å². The highest BCUT2D eigenvalue weighted by molar-refractivity contribution is 5.73. The molecule has 3 aromatic carbocycles. The van der Waals surface area contributed by atoms with Crippen molar-refractivity contribution in [2.24, 2.45) is 5.92 Å². The van der Waals surface area contributed by atoms with Crippen molar-refractivity contribution in [3.63, 3.8) is 0 Å². The highest BCUT2D eigenvalue weighted by Crippen LogP contribution is 2.19. The molecule has 6 nitrogen and oxygen atoms in total. The highest BCUT2D eigenvalue weighted by atomic mass is 16.5. The zero-order chi connectivity index (χ0) is 22.9. The monoisotopic (exact) mass is 444 g/mol. The number of carbonyl (C=O) groups excluding carboxylic acids is 1. The van der Waals surface area contributed by atoms with Crippen LogP contribution in [0.2, 0.25) is 0 Å². The Morgan fingerprint density at radius 2 is 1.64 bits per heavy atom. The molecule has 0 aliphatic rings. The Hall–Kier alpha value is -3.64. The quantitative estimate of drug-likeness (QED) is 0.270. The first-order valence-electron chi connectivity index (χ1n) is 11.1. The second-order valence-corrected chi connectivity index (χ2v) is 7.86. The van der Waals surface area contributed by atoms with Crippen molar-refractivity contribution in [3.8, 4) is 5.75 Å². The Morgan fingerprint density at radius 3 is 2.36 bits per heavy atom. The molecule has 33 heavy (non-hydrogen) atoms. The summed E-state index contributed by atoms with van der Waals surface area (Å²) in [5, 5.41) is 3.28. The van der Waals surface area contributed by atoms with Gasteiger partial charge in [0, 0.05) is 6.54 Å². The van der Waals surface area contributed by atoms with Crippen LogP contribution in [-0.4, -0.2) is 31.2 Å². The molecule has 1 aromatic heterocycles. The van der Waals surface area contributed by atoms with E-state index in [2.05, 4.69) is 10.3 Å². The molecule has 0 saturated heterocycles. The molecule has 6 heteroatoms. The van der Waals surface area contributed by atoms with Crippen molar-refractivity contribution < 1.29 is 18.7 Å². The van der Waals surface area contributed by atoms with Gasteiger partial charge in [0.25, 0.3) is 0 Å². The lowest BCUT2D eigenvalue weighted by molar-refractivity contribution is -0.145. The molecule has 0 aliphatic carbocycles. The molecule has 0 aliphatic heterocycles. The van der Waals surface area contributed by atoms with E-state index in [1.165, 1.54) is 7.11 Å². The average Bonchev–Trinajstić information content (AvgIpc) is 3.27. The lowest BCUT2D eigenvalue weighted by Gasteiger charge is -2.15. The van der Waals surface area contributed by atoms with Gasteiger partial charge in [-0.25, -0.2) is 4.98 Å². The van der Waals surface area contributed by atoms with Crippen LogP contribution in [0.5, 0.6) is 5.75 Å². The number of hydrogen-bond donors (Lipinski definition) is 1. The molecular formula is C27H28N2O4. The zero-order valence-corrected chi connectivity index (χ0v) is 18.7. The molecule has 0 bridgehead atoms. The Kier molecular flexibility index (Phi) is 7.72. The van der Waals surface area contributed by atoms with Gasteiger partial charge in [0.1, 0.15) is 17.9 Å². The van der Waals surface area contributed by atoms with Gasteiger partial charge in [0.2, 0.25) is 5.89 Å². The van der Waals surface area contributed by atoms with Gasteiger partial charge in [-0.15, -0.1) is 0 Å². The van der Waals surface area contributed by atoms with Gasteiger partial charge in [0.15, 0.2) is 5.58 Å². The zero-order valence-electron chi connectivity index (χ0n) is 18.7. The molecule has 1 unspecified atom stereocenters. The normalized spacial score (nSPS) is 11.9. The number of methoxy groups -OCH3 is 1. The molecule has 4 rings (SSSR count). The molecule has 0 amide bonds. The van der Waals surface area contributed by atoms with E-state index in [4.69, 9.17) is 13.9 Å². The number of ether oxygens (including phenoxy) is 2. The second kappa shape index (κ2) is 11.3. The predicted molar refractivity (Wildman–Crippen MR) is 127 cm³/mol. The number of rotatable bonds is 11. The van der Waals surface area contributed by atoms with Gasteiger partial charge < -0.3 is 19.2 Å². The Bertz CT molecular complexity index is 1120. The number of esters is 1. The first kappa shape index (κ1) is 22.6. The lowest BCUT2D eigenvalue weighted by Crippen LogP contribution is -2.21. The molecule has 0 fully saturated rings. The van der Waals surface area contributed by atoms with Crippen LogP contribution in [-0.2, 0) is 28.9 Å². The average molecular weight is 445 g/mol. The summed E-state index contributed by atoms with van der Waals surface area (Å²) >= 11 is 0. The van der Waals surface area contributed by atoms with Gasteiger partial charge in [-0.3, -0.25) is 4.79 Å². The van der Waals surface area contributed by atoms with E-state index in [1.54, 1.807) is 0 Å². The van der Waals surface area contributed by atoms with Crippen LogP contribution in [0.1, 0.15) is 17.0 Å². The summed E-state index contributed by atoms with van der Waals surface area (Å²) in [6, 6.07) is 25.6. The molecule has 1 heterocycles. The molecule has 4 aromatic rings. The second-order valence-electron chi connectivity index (χ2n) is 7.86. The van der Waals surface area contributed by atoms with E-state index in [9.17, 15) is 4.79 Å². The van der Waals surface area contributed by atoms with E-state index in [1.807, 2.05) is 78.9 Å². The van der Waals surface area contributed by atoms with Crippen LogP contribution in [0, 0.1) is 5.92 Å². The Labute approximate surface area is 193 Å². The minimum absolute atomic E-state index is 0.191. The minimum atomic E-state index is -0.222. The van der Waals surface area contributed by atoms with Crippen LogP contribution >= 0.6 is 0 Å². The number of oxazole rings is 1. The SMILES string of the molecule is COC(=O)C(Cc1ccccc1)Cc1ccc(OCCNCc2nc3ccccc3o2)cc1. The fourth-order valence-electron chi connectivity index (χ4n) is 3.74. The smallest absolute Gasteiger partial charge is 0.309 e. The van der Waals surface area contributed by atoms with Gasteiger partial charge in [-0.2, -0.15) is 0 Å². The summed E-state index contributed by atoms with van der Waals surface area (Å²) in [5.41, 5.74) is 3.86. The van der Waals surface area contributed by atoms with Crippen molar-refractivity contribution in [1.29, 1.82) is 0 Å². The fraction of sp³-hybridized carbons (Fsp3) is 0.259. The number of benzene rings is 3. The Balaban J connectivity index is 1.22. The summed E-state index contributed by atoms with van der Waals surface area (Å²) in [5.74, 6) is 1.04. The minimum Gasteiger partial charge on any atom is -0.492 e. The highest BCUT2D eigenvalue weighted by Gasteiger charge is 2.20. The molecule has 1 atom stereocenters. The number of carbonyl (C=O) groups is 1. The maximum absolute atomic E-state index is 12.3. The summed E-state index contributed by atoms with van der Waals surface area (Å²) in [7, 11) is 1.44. The number of para-hydroxylation sites is 2. The van der Waals surface area contributed by atoms with Crippen molar-refractivity contribution in [1.82, 2.24) is 10.3 Å². The van der Waals surface area contributed by atoms with Crippen LogP contribution < -0.4 is 10.1 Å². The summed E-state index contributed by atoms with van der Waals surface area (Å²) in [6.07, 6.45) is 1.27. The first-order valence-corrected chi connectivity index (χ1v) is 11.1. The third kappa shape index (κ3) is 6.43. The van der Waals surface area contributed by atoms with E-state index in [0.29, 0.717) is 38.4 Å². The predicted octanol–water partition coefficient (Wildman–Crippen LogP) is 4.57.